The van der Waals surface area contributed by atoms with E-state index in [0.29, 0.717) is 18.8 Å². The fourth-order valence-electron chi connectivity index (χ4n) is 0.418. The first-order chi connectivity index (χ1) is 4.31. The molecule has 1 amide bonds. The van der Waals surface area contributed by atoms with Crippen LogP contribution in [0.1, 0.15) is 0 Å². The van der Waals surface area contributed by atoms with E-state index < -0.39 is 0 Å². The number of carbonyl (C=O) groups is 1. The summed E-state index contributed by atoms with van der Waals surface area (Å²) in [5.41, 5.74) is 0. The van der Waals surface area contributed by atoms with Crippen molar-refractivity contribution in [3.63, 3.8) is 0 Å². The molecule has 0 aliphatic carbocycles. The van der Waals surface area contributed by atoms with Crippen LogP contribution >= 0.6 is 12.6 Å². The Labute approximate surface area is 60.6 Å². The summed E-state index contributed by atoms with van der Waals surface area (Å²) in [6, 6.07) is 0. The summed E-state index contributed by atoms with van der Waals surface area (Å²) in [5, 5.41) is 5.39. The summed E-state index contributed by atoms with van der Waals surface area (Å²) in [6.45, 7) is 1.03. The summed E-state index contributed by atoms with van der Waals surface area (Å²) >= 11 is 3.93. The Bertz CT molecular complexity index is 87.0. The Hall–Kier alpha value is -0.220. The highest BCUT2D eigenvalue weighted by Gasteiger charge is 1.93. The molecule has 0 aromatic rings. The van der Waals surface area contributed by atoms with E-state index in [1.54, 1.807) is 7.05 Å². The van der Waals surface area contributed by atoms with Gasteiger partial charge < -0.3 is 10.6 Å². The van der Waals surface area contributed by atoms with E-state index in [-0.39, 0.29) is 5.91 Å². The minimum atomic E-state index is 0.0200. The molecule has 0 fully saturated rings. The number of rotatable bonds is 4. The first-order valence-corrected chi connectivity index (χ1v) is 3.46. The molecular weight excluding hydrogens is 136 g/mol. The van der Waals surface area contributed by atoms with E-state index in [2.05, 4.69) is 23.3 Å². The van der Waals surface area contributed by atoms with Crippen molar-refractivity contribution in [2.45, 2.75) is 0 Å². The maximum absolute atomic E-state index is 10.6. The number of hydrogen-bond donors (Lipinski definition) is 3. The zero-order chi connectivity index (χ0) is 7.11. The zero-order valence-corrected chi connectivity index (χ0v) is 6.37. The van der Waals surface area contributed by atoms with Gasteiger partial charge in [0.2, 0.25) is 5.91 Å². The van der Waals surface area contributed by atoms with Crippen molar-refractivity contribution in [1.29, 1.82) is 0 Å². The molecule has 2 N–H and O–H groups in total. The van der Waals surface area contributed by atoms with Crippen LogP contribution in [0.5, 0.6) is 0 Å². The molecule has 0 spiro atoms. The van der Waals surface area contributed by atoms with Crippen LogP contribution in [0.15, 0.2) is 0 Å². The van der Waals surface area contributed by atoms with Crippen molar-refractivity contribution in [3.8, 4) is 0 Å². The van der Waals surface area contributed by atoms with Gasteiger partial charge in [-0.2, -0.15) is 12.6 Å². The van der Waals surface area contributed by atoms with Gasteiger partial charge in [0, 0.05) is 12.3 Å². The van der Waals surface area contributed by atoms with Crippen LogP contribution in [0.2, 0.25) is 0 Å². The van der Waals surface area contributed by atoms with Crippen molar-refractivity contribution in [2.75, 3.05) is 25.9 Å². The van der Waals surface area contributed by atoms with Crippen molar-refractivity contribution in [3.05, 3.63) is 0 Å². The van der Waals surface area contributed by atoms with Gasteiger partial charge in [-0.25, -0.2) is 0 Å². The lowest BCUT2D eigenvalue weighted by Gasteiger charge is -1.99. The average Bonchev–Trinajstić information content (AvgIpc) is 1.85. The summed E-state index contributed by atoms with van der Waals surface area (Å²) in [5.74, 6) is 0.710. The molecule has 3 nitrogen and oxygen atoms in total. The van der Waals surface area contributed by atoms with E-state index >= 15 is 0 Å². The maximum atomic E-state index is 10.6. The van der Waals surface area contributed by atoms with Gasteiger partial charge in [0.25, 0.3) is 0 Å². The molecule has 0 atom stereocenters. The van der Waals surface area contributed by atoms with E-state index in [1.165, 1.54) is 0 Å². The molecule has 9 heavy (non-hydrogen) atoms. The van der Waals surface area contributed by atoms with Crippen LogP contribution in [0.4, 0.5) is 0 Å². The zero-order valence-electron chi connectivity index (χ0n) is 5.48. The number of carbonyl (C=O) groups excluding carboxylic acids is 1. The van der Waals surface area contributed by atoms with Crippen molar-refractivity contribution in [1.82, 2.24) is 10.6 Å². The normalized spacial score (nSPS) is 9.11. The monoisotopic (exact) mass is 148 g/mol. The molecule has 0 aliphatic heterocycles. The molecule has 0 radical (unpaired) electrons. The Morgan fingerprint density at radius 2 is 2.33 bits per heavy atom. The molecular formula is C5H12N2OS. The fraction of sp³-hybridized carbons (Fsp3) is 0.800. The van der Waals surface area contributed by atoms with Crippen molar-refractivity contribution >= 4 is 18.5 Å². The summed E-state index contributed by atoms with van der Waals surface area (Å²) in [7, 11) is 1.74. The highest BCUT2D eigenvalue weighted by Crippen LogP contribution is 1.68. The van der Waals surface area contributed by atoms with Crippen LogP contribution < -0.4 is 10.6 Å². The van der Waals surface area contributed by atoms with Gasteiger partial charge in [-0.15, -0.1) is 0 Å². The summed E-state index contributed by atoms with van der Waals surface area (Å²) in [6.07, 6.45) is 0. The van der Waals surface area contributed by atoms with Gasteiger partial charge in [-0.1, -0.05) is 0 Å². The Morgan fingerprint density at radius 1 is 1.67 bits per heavy atom. The van der Waals surface area contributed by atoms with E-state index in [4.69, 9.17) is 0 Å². The van der Waals surface area contributed by atoms with Gasteiger partial charge in [0.1, 0.15) is 0 Å². The quantitative estimate of drug-likeness (QED) is 0.459. The van der Waals surface area contributed by atoms with Gasteiger partial charge in [0.15, 0.2) is 0 Å². The minimum absolute atomic E-state index is 0.0200. The molecule has 0 aromatic heterocycles. The van der Waals surface area contributed by atoms with E-state index in [0.717, 1.165) is 0 Å². The first-order valence-electron chi connectivity index (χ1n) is 2.83. The highest BCUT2D eigenvalue weighted by molar-refractivity contribution is 7.80. The predicted molar refractivity (Wildman–Crippen MR) is 40.8 cm³/mol. The average molecular weight is 148 g/mol. The molecule has 0 rings (SSSR count). The highest BCUT2D eigenvalue weighted by atomic mass is 32.1. The third-order valence-corrected chi connectivity index (χ3v) is 0.995. The number of thiol groups is 1. The SMILES string of the molecule is CNCC(=O)NCCS. The third-order valence-electron chi connectivity index (χ3n) is 0.771. The largest absolute Gasteiger partial charge is 0.354 e. The second kappa shape index (κ2) is 5.91. The summed E-state index contributed by atoms with van der Waals surface area (Å²) < 4.78 is 0. The molecule has 0 heterocycles. The molecule has 0 saturated carbocycles. The lowest BCUT2D eigenvalue weighted by Crippen LogP contribution is -2.33. The number of nitrogens with one attached hydrogen (secondary N) is 2. The molecule has 0 unspecified atom stereocenters. The standard InChI is InChI=1S/C5H12N2OS/c1-6-4-5(8)7-2-3-9/h6,9H,2-4H2,1H3,(H,7,8). The maximum Gasteiger partial charge on any atom is 0.233 e. The molecule has 54 valence electrons. The predicted octanol–water partition coefficient (Wildman–Crippen LogP) is -0.748. The third kappa shape index (κ3) is 5.65. The number of hydrogen-bond acceptors (Lipinski definition) is 3. The Balaban J connectivity index is 3.06. The van der Waals surface area contributed by atoms with Gasteiger partial charge in [-0.3, -0.25) is 4.79 Å². The number of amides is 1. The first kappa shape index (κ1) is 8.78. The second-order valence-electron chi connectivity index (χ2n) is 1.60. The molecule has 0 bridgehead atoms. The van der Waals surface area contributed by atoms with Crippen LogP contribution in [0.3, 0.4) is 0 Å². The second-order valence-corrected chi connectivity index (χ2v) is 2.05. The summed E-state index contributed by atoms with van der Waals surface area (Å²) in [4.78, 5) is 10.6. The van der Waals surface area contributed by atoms with Crippen LogP contribution in [0, 0.1) is 0 Å². The lowest BCUT2D eigenvalue weighted by atomic mass is 10.5. The van der Waals surface area contributed by atoms with Gasteiger partial charge in [-0.05, 0) is 7.05 Å². The van der Waals surface area contributed by atoms with Crippen LogP contribution in [-0.4, -0.2) is 31.8 Å². The smallest absolute Gasteiger partial charge is 0.233 e. The van der Waals surface area contributed by atoms with Crippen LogP contribution in [0.25, 0.3) is 0 Å². The topological polar surface area (TPSA) is 41.1 Å². The number of likely N-dealkylation sites (N-methyl/N-ethyl adjacent to an activating group) is 1. The molecule has 0 aliphatic rings. The van der Waals surface area contributed by atoms with Crippen LogP contribution in [-0.2, 0) is 4.79 Å². The molecule has 0 aromatic carbocycles. The van der Waals surface area contributed by atoms with E-state index in [9.17, 15) is 4.79 Å². The van der Waals surface area contributed by atoms with E-state index in [1.807, 2.05) is 0 Å². The van der Waals surface area contributed by atoms with Gasteiger partial charge >= 0.3 is 0 Å². The van der Waals surface area contributed by atoms with Crippen molar-refractivity contribution < 1.29 is 4.79 Å². The molecule has 0 saturated heterocycles. The lowest BCUT2D eigenvalue weighted by molar-refractivity contribution is -0.120. The van der Waals surface area contributed by atoms with Gasteiger partial charge in [0.05, 0.1) is 6.54 Å². The Morgan fingerprint density at radius 3 is 2.78 bits per heavy atom. The molecule has 4 heteroatoms. The van der Waals surface area contributed by atoms with Crippen molar-refractivity contribution in [2.24, 2.45) is 0 Å². The fourth-order valence-corrected chi connectivity index (χ4v) is 0.530. The Kier molecular flexibility index (Phi) is 5.76. The minimum Gasteiger partial charge on any atom is -0.354 e.